The van der Waals surface area contributed by atoms with E-state index in [0.717, 1.165) is 11.1 Å². The minimum atomic E-state index is -1.28. The molecule has 3 N–H and O–H groups in total. The normalized spacial score (nSPS) is 10.4. The van der Waals surface area contributed by atoms with Crippen molar-refractivity contribution in [2.45, 2.75) is 6.92 Å². The second-order valence-corrected chi connectivity index (χ2v) is 7.14. The molecule has 4 rings (SSSR count). The van der Waals surface area contributed by atoms with Crippen molar-refractivity contribution in [2.75, 3.05) is 10.6 Å². The maximum atomic E-state index is 12.8. The van der Waals surface area contributed by atoms with Gasteiger partial charge in [-0.2, -0.15) is 5.26 Å². The highest BCUT2D eigenvalue weighted by atomic mass is 16.5. The van der Waals surface area contributed by atoms with Crippen LogP contribution in [-0.4, -0.2) is 28.0 Å². The highest BCUT2D eigenvalue weighted by Crippen LogP contribution is 2.28. The zero-order valence-electron chi connectivity index (χ0n) is 17.2. The van der Waals surface area contributed by atoms with Crippen molar-refractivity contribution in [1.29, 1.82) is 5.26 Å². The molecule has 0 bridgehead atoms. The van der Waals surface area contributed by atoms with Gasteiger partial charge in [-0.3, -0.25) is 9.59 Å². The number of rotatable bonds is 5. The van der Waals surface area contributed by atoms with E-state index in [1.165, 1.54) is 25.1 Å². The maximum absolute atomic E-state index is 12.8. The highest BCUT2D eigenvalue weighted by Gasteiger charge is 2.20. The summed E-state index contributed by atoms with van der Waals surface area (Å²) in [4.78, 5) is 35.6. The number of carboxylic acid groups (broad SMARTS) is 1. The summed E-state index contributed by atoms with van der Waals surface area (Å²) in [5, 5.41) is 28.0. The van der Waals surface area contributed by atoms with Crippen molar-refractivity contribution < 1.29 is 24.0 Å². The summed E-state index contributed by atoms with van der Waals surface area (Å²) in [6.07, 6.45) is 0. The van der Waals surface area contributed by atoms with Gasteiger partial charge < -0.3 is 20.3 Å². The van der Waals surface area contributed by atoms with Gasteiger partial charge in [0.05, 0.1) is 28.3 Å². The lowest BCUT2D eigenvalue weighted by Crippen LogP contribution is -2.14. The Balaban J connectivity index is 1.63. The molecule has 9 nitrogen and oxygen atoms in total. The zero-order valence-corrected chi connectivity index (χ0v) is 17.2. The van der Waals surface area contributed by atoms with E-state index in [-0.39, 0.29) is 28.5 Å². The average molecular weight is 440 g/mol. The van der Waals surface area contributed by atoms with Gasteiger partial charge in [-0.05, 0) is 53.6 Å². The quantitative estimate of drug-likeness (QED) is 0.420. The largest absolute Gasteiger partial charge is 0.478 e. The number of carbonyl (C=O) groups excluding carboxylic acids is 2. The maximum Gasteiger partial charge on any atom is 0.337 e. The molecule has 0 unspecified atom stereocenters. The van der Waals surface area contributed by atoms with Gasteiger partial charge in [0.2, 0.25) is 11.7 Å². The van der Waals surface area contributed by atoms with Gasteiger partial charge in [0, 0.05) is 12.6 Å². The molecule has 0 atom stereocenters. The summed E-state index contributed by atoms with van der Waals surface area (Å²) in [5.74, 6) is -2.21. The number of anilines is 2. The molecule has 0 spiro atoms. The van der Waals surface area contributed by atoms with Crippen LogP contribution in [0.1, 0.15) is 33.4 Å². The van der Waals surface area contributed by atoms with Crippen LogP contribution in [0.15, 0.2) is 65.2 Å². The first-order chi connectivity index (χ1) is 15.9. The predicted molar refractivity (Wildman–Crippen MR) is 120 cm³/mol. The summed E-state index contributed by atoms with van der Waals surface area (Å²) in [6, 6.07) is 18.3. The van der Waals surface area contributed by atoms with E-state index >= 15 is 0 Å². The Labute approximate surface area is 187 Å². The van der Waals surface area contributed by atoms with Crippen molar-refractivity contribution in [3.05, 3.63) is 77.6 Å². The molecular formula is C24H16N4O5. The SMILES string of the molecule is CC(=O)Nc1cccc(-c2ccc3c(C(=O)Nc4ccc(C#N)cc4C(=O)O)onc3c2)c1. The highest BCUT2D eigenvalue weighted by molar-refractivity contribution is 6.12. The number of nitrogens with one attached hydrogen (secondary N) is 2. The molecule has 1 heterocycles. The fraction of sp³-hybridized carbons (Fsp3) is 0.0417. The van der Waals surface area contributed by atoms with Crippen molar-refractivity contribution >= 4 is 40.1 Å². The molecule has 9 heteroatoms. The van der Waals surface area contributed by atoms with Crippen LogP contribution in [-0.2, 0) is 4.79 Å². The average Bonchev–Trinajstić information content (AvgIpc) is 3.22. The molecule has 0 aliphatic rings. The molecular weight excluding hydrogens is 424 g/mol. The van der Waals surface area contributed by atoms with E-state index in [0.29, 0.717) is 16.6 Å². The number of benzene rings is 3. The fourth-order valence-electron chi connectivity index (χ4n) is 3.35. The smallest absolute Gasteiger partial charge is 0.337 e. The van der Waals surface area contributed by atoms with Crippen molar-refractivity contribution in [1.82, 2.24) is 5.16 Å². The number of carbonyl (C=O) groups is 3. The molecule has 4 aromatic rings. The van der Waals surface area contributed by atoms with Crippen LogP contribution in [0.3, 0.4) is 0 Å². The van der Waals surface area contributed by atoms with Crippen LogP contribution in [0.25, 0.3) is 22.0 Å². The van der Waals surface area contributed by atoms with Gasteiger partial charge >= 0.3 is 5.97 Å². The molecule has 0 aliphatic heterocycles. The Morgan fingerprint density at radius 3 is 2.52 bits per heavy atom. The van der Waals surface area contributed by atoms with Crippen LogP contribution in [0.2, 0.25) is 0 Å². The number of aromatic nitrogens is 1. The topological polar surface area (TPSA) is 145 Å². The van der Waals surface area contributed by atoms with Gasteiger partial charge in [0.25, 0.3) is 5.91 Å². The molecule has 1 aromatic heterocycles. The lowest BCUT2D eigenvalue weighted by Gasteiger charge is -2.08. The molecule has 0 saturated carbocycles. The molecule has 0 saturated heterocycles. The van der Waals surface area contributed by atoms with E-state index in [1.54, 1.807) is 24.3 Å². The first kappa shape index (κ1) is 21.3. The Morgan fingerprint density at radius 2 is 1.79 bits per heavy atom. The lowest BCUT2D eigenvalue weighted by atomic mass is 10.0. The number of nitrogens with zero attached hydrogens (tertiary/aromatic N) is 2. The van der Waals surface area contributed by atoms with Gasteiger partial charge in [-0.1, -0.05) is 23.4 Å². The third-order valence-electron chi connectivity index (χ3n) is 4.83. The van der Waals surface area contributed by atoms with Crippen LogP contribution < -0.4 is 10.6 Å². The van der Waals surface area contributed by atoms with Crippen molar-refractivity contribution in [3.63, 3.8) is 0 Å². The molecule has 3 aromatic carbocycles. The summed E-state index contributed by atoms with van der Waals surface area (Å²) in [6.45, 7) is 1.43. The van der Waals surface area contributed by atoms with E-state index in [9.17, 15) is 19.5 Å². The second kappa shape index (κ2) is 8.64. The van der Waals surface area contributed by atoms with E-state index < -0.39 is 11.9 Å². The van der Waals surface area contributed by atoms with Gasteiger partial charge in [0.15, 0.2) is 0 Å². The summed E-state index contributed by atoms with van der Waals surface area (Å²) in [5.41, 5.74) is 2.69. The zero-order chi connectivity index (χ0) is 23.5. The molecule has 2 amide bonds. The van der Waals surface area contributed by atoms with Crippen LogP contribution in [0.4, 0.5) is 11.4 Å². The minimum Gasteiger partial charge on any atom is -0.478 e. The van der Waals surface area contributed by atoms with Gasteiger partial charge in [-0.25, -0.2) is 4.79 Å². The van der Waals surface area contributed by atoms with Gasteiger partial charge in [0.1, 0.15) is 5.52 Å². The van der Waals surface area contributed by atoms with Crippen molar-refractivity contribution in [2.24, 2.45) is 0 Å². The third-order valence-corrected chi connectivity index (χ3v) is 4.83. The van der Waals surface area contributed by atoms with E-state index in [1.807, 2.05) is 24.3 Å². The predicted octanol–water partition coefficient (Wildman–Crippen LogP) is 4.28. The van der Waals surface area contributed by atoms with Crippen molar-refractivity contribution in [3.8, 4) is 17.2 Å². The first-order valence-corrected chi connectivity index (χ1v) is 9.72. The van der Waals surface area contributed by atoms with Gasteiger partial charge in [-0.15, -0.1) is 0 Å². The summed E-state index contributed by atoms with van der Waals surface area (Å²) < 4.78 is 5.24. The third kappa shape index (κ3) is 4.40. The Kier molecular flexibility index (Phi) is 5.57. The molecule has 0 radical (unpaired) electrons. The second-order valence-electron chi connectivity index (χ2n) is 7.14. The first-order valence-electron chi connectivity index (χ1n) is 9.72. The molecule has 0 aliphatic carbocycles. The number of amides is 2. The van der Waals surface area contributed by atoms with Crippen LogP contribution in [0.5, 0.6) is 0 Å². The Bertz CT molecular complexity index is 1470. The van der Waals surface area contributed by atoms with Crippen LogP contribution in [0, 0.1) is 11.3 Å². The number of hydrogen-bond donors (Lipinski definition) is 3. The Hall–Kier alpha value is -4.97. The van der Waals surface area contributed by atoms with E-state index in [4.69, 9.17) is 9.78 Å². The lowest BCUT2D eigenvalue weighted by molar-refractivity contribution is -0.114. The molecule has 0 fully saturated rings. The summed E-state index contributed by atoms with van der Waals surface area (Å²) in [7, 11) is 0. The molecule has 162 valence electrons. The van der Waals surface area contributed by atoms with E-state index in [2.05, 4.69) is 15.8 Å². The number of carboxylic acids is 1. The number of fused-ring (bicyclic) bond motifs is 1. The van der Waals surface area contributed by atoms with Crippen LogP contribution >= 0.6 is 0 Å². The standard InChI is InChI=1S/C24H16N4O5/c1-13(29)26-17-4-2-3-15(10-17)16-6-7-18-21(11-16)28-33-22(18)23(30)27-20-8-5-14(12-25)9-19(20)24(31)32/h2-11H,1H3,(H,26,29)(H,27,30)(H,31,32). The molecule has 33 heavy (non-hydrogen) atoms. The Morgan fingerprint density at radius 1 is 1.00 bits per heavy atom. The summed E-state index contributed by atoms with van der Waals surface area (Å²) >= 11 is 0. The minimum absolute atomic E-state index is 0.0301. The fourth-order valence-corrected chi connectivity index (χ4v) is 3.35. The monoisotopic (exact) mass is 440 g/mol. The number of aromatic carboxylic acids is 1. The number of hydrogen-bond acceptors (Lipinski definition) is 6. The number of nitriles is 1.